The molecule has 2 aliphatic rings. The second-order valence-corrected chi connectivity index (χ2v) is 8.43. The van der Waals surface area contributed by atoms with E-state index in [4.69, 9.17) is 0 Å². The summed E-state index contributed by atoms with van der Waals surface area (Å²) in [6.07, 6.45) is 2.37. The van der Waals surface area contributed by atoms with E-state index in [2.05, 4.69) is 4.98 Å². The molecule has 3 heterocycles. The summed E-state index contributed by atoms with van der Waals surface area (Å²) >= 11 is 0. The van der Waals surface area contributed by atoms with Crippen LogP contribution in [0.3, 0.4) is 0 Å². The van der Waals surface area contributed by atoms with Gasteiger partial charge in [-0.15, -0.1) is 0 Å². The lowest BCUT2D eigenvalue weighted by atomic mass is 9.92. The number of rotatable bonds is 2. The number of amides is 2. The minimum atomic E-state index is -0.370. The van der Waals surface area contributed by atoms with Crippen LogP contribution in [-0.4, -0.2) is 65.4 Å². The summed E-state index contributed by atoms with van der Waals surface area (Å²) in [5, 5.41) is 0.930. The minimum absolute atomic E-state index is 0.0577. The molecule has 2 aliphatic heterocycles. The number of carbonyl (C=O) groups is 2. The van der Waals surface area contributed by atoms with E-state index in [9.17, 15) is 14.0 Å². The van der Waals surface area contributed by atoms with E-state index < -0.39 is 0 Å². The van der Waals surface area contributed by atoms with Gasteiger partial charge >= 0.3 is 0 Å². The van der Waals surface area contributed by atoms with Crippen LogP contribution in [0.25, 0.3) is 10.9 Å². The van der Waals surface area contributed by atoms with Crippen LogP contribution >= 0.6 is 0 Å². The van der Waals surface area contributed by atoms with Crippen LogP contribution in [0.4, 0.5) is 10.1 Å². The fourth-order valence-electron chi connectivity index (χ4n) is 4.68. The number of benzene rings is 2. The zero-order chi connectivity index (χ0) is 21.6. The van der Waals surface area contributed by atoms with Gasteiger partial charge in [0.05, 0.1) is 23.2 Å². The number of halogens is 1. The molecule has 31 heavy (non-hydrogen) atoms. The van der Waals surface area contributed by atoms with E-state index in [1.165, 1.54) is 12.1 Å². The van der Waals surface area contributed by atoms with Crippen molar-refractivity contribution in [3.8, 4) is 0 Å². The van der Waals surface area contributed by atoms with Crippen molar-refractivity contribution in [2.45, 2.75) is 12.0 Å². The average Bonchev–Trinajstić information content (AvgIpc) is 3.21. The molecule has 0 saturated carbocycles. The molecule has 0 bridgehead atoms. The highest BCUT2D eigenvalue weighted by atomic mass is 19.1. The molecular weight excluding hydrogens is 395 g/mol. The van der Waals surface area contributed by atoms with Crippen LogP contribution in [0, 0.1) is 5.82 Å². The number of hydrogen-bond acceptors (Lipinski definition) is 4. The molecular formula is C24H23FN4O2. The molecule has 1 aromatic heterocycles. The van der Waals surface area contributed by atoms with Gasteiger partial charge in [0.1, 0.15) is 5.82 Å². The first-order valence-electron chi connectivity index (χ1n) is 10.4. The predicted molar refractivity (Wildman–Crippen MR) is 116 cm³/mol. The second kappa shape index (κ2) is 7.42. The number of fused-ring (bicyclic) bond motifs is 1. The minimum Gasteiger partial charge on any atom is -0.337 e. The topological polar surface area (TPSA) is 56.8 Å². The molecule has 3 aromatic rings. The highest BCUT2D eigenvalue weighted by Crippen LogP contribution is 2.34. The molecule has 0 aliphatic carbocycles. The molecule has 5 rings (SSSR count). The van der Waals surface area contributed by atoms with E-state index in [-0.39, 0.29) is 29.7 Å². The molecule has 1 atom stereocenters. The van der Waals surface area contributed by atoms with Crippen molar-refractivity contribution < 1.29 is 14.0 Å². The second-order valence-electron chi connectivity index (χ2n) is 8.43. The molecule has 1 unspecified atom stereocenters. The Kier molecular flexibility index (Phi) is 4.70. The lowest BCUT2D eigenvalue weighted by Gasteiger charge is -2.46. The van der Waals surface area contributed by atoms with Crippen LogP contribution < -0.4 is 4.90 Å². The van der Waals surface area contributed by atoms with E-state index in [1.807, 2.05) is 47.2 Å². The van der Waals surface area contributed by atoms with Crippen molar-refractivity contribution in [2.24, 2.45) is 0 Å². The van der Waals surface area contributed by atoms with Gasteiger partial charge in [-0.1, -0.05) is 24.3 Å². The fourth-order valence-corrected chi connectivity index (χ4v) is 4.68. The summed E-state index contributed by atoms with van der Waals surface area (Å²) in [4.78, 5) is 35.8. The van der Waals surface area contributed by atoms with Gasteiger partial charge in [-0.25, -0.2) is 4.39 Å². The van der Waals surface area contributed by atoms with Crippen LogP contribution in [0.1, 0.15) is 16.8 Å². The van der Waals surface area contributed by atoms with Gasteiger partial charge in [0, 0.05) is 36.9 Å². The molecule has 2 saturated heterocycles. The zero-order valence-electron chi connectivity index (χ0n) is 17.3. The van der Waals surface area contributed by atoms with Crippen LogP contribution in [0.15, 0.2) is 60.8 Å². The zero-order valence-corrected chi connectivity index (χ0v) is 17.3. The van der Waals surface area contributed by atoms with Gasteiger partial charge in [0.25, 0.3) is 5.91 Å². The number of likely N-dealkylation sites (N-methyl/N-ethyl adjacent to an activating group) is 1. The van der Waals surface area contributed by atoms with Crippen molar-refractivity contribution in [3.63, 3.8) is 0 Å². The third-order valence-electron chi connectivity index (χ3n) is 6.51. The quantitative estimate of drug-likeness (QED) is 0.642. The monoisotopic (exact) mass is 418 g/mol. The van der Waals surface area contributed by atoms with Gasteiger partial charge in [-0.3, -0.25) is 19.5 Å². The Morgan fingerprint density at radius 2 is 1.94 bits per heavy atom. The van der Waals surface area contributed by atoms with Crippen LogP contribution in [0.5, 0.6) is 0 Å². The number of nitrogens with zero attached hydrogens (tertiary/aromatic N) is 4. The van der Waals surface area contributed by atoms with Crippen molar-refractivity contribution in [1.29, 1.82) is 0 Å². The summed E-state index contributed by atoms with van der Waals surface area (Å²) in [5.74, 6) is -0.495. The Morgan fingerprint density at radius 1 is 1.10 bits per heavy atom. The van der Waals surface area contributed by atoms with Crippen molar-refractivity contribution in [2.75, 3.05) is 38.1 Å². The number of carbonyl (C=O) groups excluding carboxylic acids is 2. The lowest BCUT2D eigenvalue weighted by molar-refractivity contribution is -0.123. The summed E-state index contributed by atoms with van der Waals surface area (Å²) < 4.78 is 13.8. The molecule has 2 aromatic carbocycles. The summed E-state index contributed by atoms with van der Waals surface area (Å²) in [6.45, 7) is 1.76. The van der Waals surface area contributed by atoms with E-state index in [0.29, 0.717) is 30.9 Å². The van der Waals surface area contributed by atoms with Gasteiger partial charge in [0.2, 0.25) is 5.91 Å². The molecule has 2 amide bonds. The first-order valence-corrected chi connectivity index (χ1v) is 10.4. The molecule has 0 N–H and O–H groups in total. The van der Waals surface area contributed by atoms with Gasteiger partial charge in [-0.05, 0) is 43.8 Å². The number of hydrogen-bond donors (Lipinski definition) is 0. The molecule has 2 fully saturated rings. The molecule has 1 spiro atoms. The van der Waals surface area contributed by atoms with E-state index in [1.54, 1.807) is 23.2 Å². The smallest absolute Gasteiger partial charge is 0.255 e. The number of para-hydroxylation sites is 1. The highest BCUT2D eigenvalue weighted by molar-refractivity contribution is 5.98. The molecule has 7 heteroatoms. The third-order valence-corrected chi connectivity index (χ3v) is 6.51. The third kappa shape index (κ3) is 3.45. The average molecular weight is 418 g/mol. The summed E-state index contributed by atoms with van der Waals surface area (Å²) in [6, 6.07) is 15.7. The number of piperazine rings is 1. The van der Waals surface area contributed by atoms with Gasteiger partial charge < -0.3 is 9.80 Å². The number of aromatic nitrogens is 1. The van der Waals surface area contributed by atoms with Gasteiger partial charge in [0.15, 0.2) is 0 Å². The Bertz CT molecular complexity index is 1180. The standard InChI is InChI=1S/C24H23FN4O2/c1-27-14-22(30)29(20-7-4-6-19(25)12-20)16-24(27)9-10-28(15-24)23(31)18-11-17-5-2-3-8-21(17)26-13-18/h2-8,11-13H,9-10,14-16H2,1H3. The molecule has 158 valence electrons. The SMILES string of the molecule is CN1CC(=O)N(c2cccc(F)c2)CC12CCN(C(=O)c1cnc3ccccc3c1)C2. The Morgan fingerprint density at radius 3 is 2.77 bits per heavy atom. The van der Waals surface area contributed by atoms with Crippen molar-refractivity contribution in [3.05, 3.63) is 72.2 Å². The molecule has 0 radical (unpaired) electrons. The number of anilines is 1. The van der Waals surface area contributed by atoms with E-state index in [0.717, 1.165) is 17.3 Å². The Labute approximate surface area is 179 Å². The summed E-state index contributed by atoms with van der Waals surface area (Å²) in [5.41, 5.74) is 1.61. The van der Waals surface area contributed by atoms with E-state index >= 15 is 0 Å². The summed E-state index contributed by atoms with van der Waals surface area (Å²) in [7, 11) is 1.92. The van der Waals surface area contributed by atoms with Crippen molar-refractivity contribution >= 4 is 28.4 Å². The number of pyridine rings is 1. The first kappa shape index (κ1) is 19.6. The Hall–Kier alpha value is -3.32. The Balaban J connectivity index is 1.39. The first-order chi connectivity index (χ1) is 14.9. The van der Waals surface area contributed by atoms with Crippen molar-refractivity contribution in [1.82, 2.24) is 14.8 Å². The maximum Gasteiger partial charge on any atom is 0.255 e. The predicted octanol–water partition coefficient (Wildman–Crippen LogP) is 2.94. The van der Waals surface area contributed by atoms with Gasteiger partial charge in [-0.2, -0.15) is 0 Å². The largest absolute Gasteiger partial charge is 0.337 e. The van der Waals surface area contributed by atoms with Crippen LogP contribution in [-0.2, 0) is 4.79 Å². The fraction of sp³-hybridized carbons (Fsp3) is 0.292. The van der Waals surface area contributed by atoms with Crippen LogP contribution in [0.2, 0.25) is 0 Å². The maximum absolute atomic E-state index is 13.8. The number of likely N-dealkylation sites (tertiary alicyclic amines) is 1. The molecule has 6 nitrogen and oxygen atoms in total. The normalized spacial score (nSPS) is 21.9. The lowest BCUT2D eigenvalue weighted by Crippen LogP contribution is -2.64. The maximum atomic E-state index is 13.8. The highest BCUT2D eigenvalue weighted by Gasteiger charge is 2.48.